The zero-order chi connectivity index (χ0) is 18.1. The fourth-order valence-electron chi connectivity index (χ4n) is 2.93. The SMILES string of the molecule is CCN(CCO)CCOC(=O)C(C)(c1ccccc1)c1ccccc1. The van der Waals surface area contributed by atoms with Crippen LogP contribution in [-0.2, 0) is 14.9 Å². The molecule has 0 fully saturated rings. The van der Waals surface area contributed by atoms with Crippen LogP contribution in [0.3, 0.4) is 0 Å². The first kappa shape index (κ1) is 19.2. The van der Waals surface area contributed by atoms with Gasteiger partial charge in [0.1, 0.15) is 12.0 Å². The number of aliphatic hydroxyl groups is 1. The van der Waals surface area contributed by atoms with Crippen LogP contribution in [0.25, 0.3) is 0 Å². The predicted octanol–water partition coefficient (Wildman–Crippen LogP) is 2.85. The third-order valence-corrected chi connectivity index (χ3v) is 4.61. The molecule has 1 N–H and O–H groups in total. The Kier molecular flexibility index (Phi) is 7.16. The highest BCUT2D eigenvalue weighted by molar-refractivity contribution is 5.87. The van der Waals surface area contributed by atoms with Crippen molar-refractivity contribution in [3.8, 4) is 0 Å². The van der Waals surface area contributed by atoms with Gasteiger partial charge in [-0.1, -0.05) is 67.6 Å². The van der Waals surface area contributed by atoms with Crippen LogP contribution in [0.4, 0.5) is 0 Å². The molecule has 0 saturated heterocycles. The molecule has 0 amide bonds. The van der Waals surface area contributed by atoms with Crippen LogP contribution in [0.2, 0.25) is 0 Å². The normalized spacial score (nSPS) is 11.5. The number of esters is 1. The van der Waals surface area contributed by atoms with E-state index in [0.29, 0.717) is 19.7 Å². The van der Waals surface area contributed by atoms with Gasteiger partial charge in [-0.3, -0.25) is 9.69 Å². The van der Waals surface area contributed by atoms with Crippen LogP contribution in [0.15, 0.2) is 60.7 Å². The number of ether oxygens (including phenoxy) is 1. The minimum Gasteiger partial charge on any atom is -0.463 e. The van der Waals surface area contributed by atoms with Crippen molar-refractivity contribution in [3.63, 3.8) is 0 Å². The Balaban J connectivity index is 2.18. The molecule has 134 valence electrons. The van der Waals surface area contributed by atoms with E-state index in [4.69, 9.17) is 9.84 Å². The highest BCUT2D eigenvalue weighted by atomic mass is 16.5. The van der Waals surface area contributed by atoms with Gasteiger partial charge in [-0.2, -0.15) is 0 Å². The van der Waals surface area contributed by atoms with Crippen LogP contribution in [0.5, 0.6) is 0 Å². The number of benzene rings is 2. The van der Waals surface area contributed by atoms with E-state index in [-0.39, 0.29) is 12.6 Å². The summed E-state index contributed by atoms with van der Waals surface area (Å²) >= 11 is 0. The Hall–Kier alpha value is -2.17. The highest BCUT2D eigenvalue weighted by Gasteiger charge is 2.38. The summed E-state index contributed by atoms with van der Waals surface area (Å²) in [6.07, 6.45) is 0. The first-order valence-electron chi connectivity index (χ1n) is 8.74. The average Bonchev–Trinajstić information content (AvgIpc) is 2.67. The van der Waals surface area contributed by atoms with E-state index in [1.165, 1.54) is 0 Å². The Bertz CT molecular complexity index is 603. The molecule has 2 rings (SSSR count). The van der Waals surface area contributed by atoms with Gasteiger partial charge in [-0.05, 0) is 24.6 Å². The van der Waals surface area contributed by atoms with Gasteiger partial charge < -0.3 is 9.84 Å². The minimum atomic E-state index is -0.851. The smallest absolute Gasteiger partial charge is 0.320 e. The van der Waals surface area contributed by atoms with Gasteiger partial charge in [0.05, 0.1) is 6.61 Å². The number of hydrogen-bond acceptors (Lipinski definition) is 4. The summed E-state index contributed by atoms with van der Waals surface area (Å²) in [6, 6.07) is 19.4. The Morgan fingerprint density at radius 2 is 1.52 bits per heavy atom. The maximum Gasteiger partial charge on any atom is 0.320 e. The van der Waals surface area contributed by atoms with E-state index in [1.807, 2.05) is 74.5 Å². The molecule has 0 aliphatic heterocycles. The molecule has 0 atom stereocenters. The van der Waals surface area contributed by atoms with E-state index >= 15 is 0 Å². The highest BCUT2D eigenvalue weighted by Crippen LogP contribution is 2.33. The summed E-state index contributed by atoms with van der Waals surface area (Å²) in [4.78, 5) is 15.1. The maximum absolute atomic E-state index is 13.0. The van der Waals surface area contributed by atoms with Crippen molar-refractivity contribution < 1.29 is 14.6 Å². The van der Waals surface area contributed by atoms with Gasteiger partial charge >= 0.3 is 5.97 Å². The lowest BCUT2D eigenvalue weighted by molar-refractivity contribution is -0.148. The molecule has 25 heavy (non-hydrogen) atoms. The topological polar surface area (TPSA) is 49.8 Å². The molecular weight excluding hydrogens is 314 g/mol. The summed E-state index contributed by atoms with van der Waals surface area (Å²) in [5.74, 6) is -0.259. The lowest BCUT2D eigenvalue weighted by atomic mass is 9.76. The van der Waals surface area contributed by atoms with Gasteiger partial charge in [-0.15, -0.1) is 0 Å². The van der Waals surface area contributed by atoms with Crippen molar-refractivity contribution in [1.82, 2.24) is 4.90 Å². The van der Waals surface area contributed by atoms with Gasteiger partial charge in [0.25, 0.3) is 0 Å². The second kappa shape index (κ2) is 9.35. The number of carbonyl (C=O) groups is 1. The van der Waals surface area contributed by atoms with E-state index in [1.54, 1.807) is 0 Å². The average molecular weight is 341 g/mol. The minimum absolute atomic E-state index is 0.105. The van der Waals surface area contributed by atoms with Gasteiger partial charge in [0.15, 0.2) is 0 Å². The summed E-state index contributed by atoms with van der Waals surface area (Å²) in [5, 5.41) is 9.05. The van der Waals surface area contributed by atoms with E-state index in [0.717, 1.165) is 17.7 Å². The zero-order valence-electron chi connectivity index (χ0n) is 15.0. The van der Waals surface area contributed by atoms with Crippen molar-refractivity contribution in [2.75, 3.05) is 32.8 Å². The quantitative estimate of drug-likeness (QED) is 0.713. The van der Waals surface area contributed by atoms with Crippen molar-refractivity contribution in [3.05, 3.63) is 71.8 Å². The summed E-state index contributed by atoms with van der Waals surface area (Å²) in [5.41, 5.74) is 0.971. The summed E-state index contributed by atoms with van der Waals surface area (Å²) in [7, 11) is 0. The van der Waals surface area contributed by atoms with Crippen LogP contribution in [-0.4, -0.2) is 48.8 Å². The first-order valence-corrected chi connectivity index (χ1v) is 8.74. The molecule has 0 spiro atoms. The lowest BCUT2D eigenvalue weighted by Crippen LogP contribution is -2.38. The molecule has 0 radical (unpaired) electrons. The monoisotopic (exact) mass is 341 g/mol. The number of rotatable bonds is 9. The zero-order valence-corrected chi connectivity index (χ0v) is 15.0. The first-order chi connectivity index (χ1) is 12.1. The number of hydrogen-bond donors (Lipinski definition) is 1. The van der Waals surface area contributed by atoms with Crippen molar-refractivity contribution in [2.24, 2.45) is 0 Å². The molecule has 0 bridgehead atoms. The van der Waals surface area contributed by atoms with Gasteiger partial charge in [0, 0.05) is 13.1 Å². The standard InChI is InChI=1S/C21H27NO3/c1-3-22(14-16-23)15-17-25-20(24)21(2,18-10-6-4-7-11-18)19-12-8-5-9-13-19/h4-13,23H,3,14-17H2,1-2H3. The number of nitrogens with zero attached hydrogens (tertiary/aromatic N) is 1. The largest absolute Gasteiger partial charge is 0.463 e. The molecule has 0 aliphatic rings. The third-order valence-electron chi connectivity index (χ3n) is 4.61. The molecule has 0 aromatic heterocycles. The molecule has 2 aromatic rings. The molecule has 0 saturated carbocycles. The van der Waals surface area contributed by atoms with Gasteiger partial charge in [-0.25, -0.2) is 0 Å². The summed E-state index contributed by atoms with van der Waals surface area (Å²) < 4.78 is 5.63. The molecule has 4 heteroatoms. The van der Waals surface area contributed by atoms with Gasteiger partial charge in [0.2, 0.25) is 0 Å². The van der Waals surface area contributed by atoms with Crippen molar-refractivity contribution in [2.45, 2.75) is 19.3 Å². The second-order valence-electron chi connectivity index (χ2n) is 6.15. The van der Waals surface area contributed by atoms with Crippen molar-refractivity contribution >= 4 is 5.97 Å². The molecule has 2 aromatic carbocycles. The number of aliphatic hydroxyl groups excluding tert-OH is 1. The van der Waals surface area contributed by atoms with E-state index in [9.17, 15) is 4.79 Å². The van der Waals surface area contributed by atoms with Crippen molar-refractivity contribution in [1.29, 1.82) is 0 Å². The Morgan fingerprint density at radius 3 is 1.96 bits per heavy atom. The molecule has 0 heterocycles. The molecule has 0 unspecified atom stereocenters. The third kappa shape index (κ3) is 4.68. The molecule has 4 nitrogen and oxygen atoms in total. The Morgan fingerprint density at radius 1 is 1.00 bits per heavy atom. The van der Waals surface area contributed by atoms with Crippen LogP contribution in [0, 0.1) is 0 Å². The molecule has 0 aliphatic carbocycles. The second-order valence-corrected chi connectivity index (χ2v) is 6.15. The number of likely N-dealkylation sites (N-methyl/N-ethyl adjacent to an activating group) is 1. The molecular formula is C21H27NO3. The Labute approximate surface area is 150 Å². The van der Waals surface area contributed by atoms with E-state index < -0.39 is 5.41 Å². The van der Waals surface area contributed by atoms with Crippen LogP contribution in [0.1, 0.15) is 25.0 Å². The predicted molar refractivity (Wildman–Crippen MR) is 99.5 cm³/mol. The van der Waals surface area contributed by atoms with E-state index in [2.05, 4.69) is 4.90 Å². The fourth-order valence-corrected chi connectivity index (χ4v) is 2.93. The lowest BCUT2D eigenvalue weighted by Gasteiger charge is -2.29. The van der Waals surface area contributed by atoms with Crippen LogP contribution >= 0.6 is 0 Å². The van der Waals surface area contributed by atoms with Crippen LogP contribution < -0.4 is 0 Å². The maximum atomic E-state index is 13.0. The number of carbonyl (C=O) groups excluding carboxylic acids is 1. The fraction of sp³-hybridized carbons (Fsp3) is 0.381. The summed E-state index contributed by atoms with van der Waals surface area (Å²) in [6.45, 7) is 6.36.